The summed E-state index contributed by atoms with van der Waals surface area (Å²) in [6.45, 7) is 0.900. The van der Waals surface area contributed by atoms with Crippen molar-refractivity contribution in [3.8, 4) is 0 Å². The molecule has 2 rings (SSSR count). The lowest BCUT2D eigenvalue weighted by Gasteiger charge is -2.40. The maximum atomic E-state index is 13.2. The average Bonchev–Trinajstić information content (AvgIpc) is 2.52. The molecule has 1 aliphatic heterocycles. The molecule has 6 heteroatoms. The van der Waals surface area contributed by atoms with Crippen LogP contribution in [0.1, 0.15) is 38.5 Å². The maximum Gasteiger partial charge on any atom is 0.319 e. The van der Waals surface area contributed by atoms with Crippen LogP contribution in [0.15, 0.2) is 0 Å². The molecular weight excluding hydrogens is 260 g/mol. The van der Waals surface area contributed by atoms with Gasteiger partial charge < -0.3 is 5.32 Å². The van der Waals surface area contributed by atoms with Crippen molar-refractivity contribution in [2.45, 2.75) is 56.4 Å². The van der Waals surface area contributed by atoms with Gasteiger partial charge in [-0.1, -0.05) is 19.3 Å². The van der Waals surface area contributed by atoms with Crippen molar-refractivity contribution in [3.63, 3.8) is 0 Å². The lowest BCUT2D eigenvalue weighted by molar-refractivity contribution is -0.143. The molecule has 0 aromatic carbocycles. The topological polar surface area (TPSA) is 15.3 Å². The second-order valence-electron chi connectivity index (χ2n) is 5.89. The van der Waals surface area contributed by atoms with E-state index < -0.39 is 18.9 Å². The lowest BCUT2D eigenvalue weighted by atomic mass is 9.81. The molecule has 1 heterocycles. The van der Waals surface area contributed by atoms with Crippen LogP contribution >= 0.6 is 0 Å². The normalized spacial score (nSPS) is 25.7. The Bertz CT molecular complexity index is 290. The second kappa shape index (κ2) is 5.95. The first kappa shape index (κ1) is 15.0. The fourth-order valence-electron chi connectivity index (χ4n) is 3.28. The summed E-state index contributed by atoms with van der Waals surface area (Å²) in [7, 11) is 0. The SMILES string of the molecule is FC(F)C(F)(F)CN1CCCNC2(CCCCC2)C1. The number of alkyl halides is 4. The summed E-state index contributed by atoms with van der Waals surface area (Å²) in [5.74, 6) is -3.90. The number of rotatable bonds is 3. The predicted octanol–water partition coefficient (Wildman–Crippen LogP) is 2.89. The van der Waals surface area contributed by atoms with Gasteiger partial charge in [-0.25, -0.2) is 8.78 Å². The van der Waals surface area contributed by atoms with Crippen LogP contribution in [0, 0.1) is 0 Å². The Hall–Kier alpha value is -0.360. The fraction of sp³-hybridized carbons (Fsp3) is 1.00. The van der Waals surface area contributed by atoms with Gasteiger partial charge in [-0.3, -0.25) is 4.90 Å². The first-order valence-corrected chi connectivity index (χ1v) is 7.07. The van der Waals surface area contributed by atoms with Crippen LogP contribution in [0.25, 0.3) is 0 Å². The molecule has 1 spiro atoms. The van der Waals surface area contributed by atoms with Crippen molar-refractivity contribution < 1.29 is 17.6 Å². The minimum atomic E-state index is -3.90. The first-order chi connectivity index (χ1) is 8.94. The van der Waals surface area contributed by atoms with Crippen LogP contribution in [0.4, 0.5) is 17.6 Å². The van der Waals surface area contributed by atoms with Crippen molar-refractivity contribution in [2.75, 3.05) is 26.2 Å². The van der Waals surface area contributed by atoms with Crippen LogP contribution in [-0.2, 0) is 0 Å². The number of halogens is 4. The third kappa shape index (κ3) is 3.81. The number of nitrogens with one attached hydrogen (secondary N) is 1. The zero-order valence-electron chi connectivity index (χ0n) is 11.1. The van der Waals surface area contributed by atoms with E-state index in [9.17, 15) is 17.6 Å². The van der Waals surface area contributed by atoms with Crippen molar-refractivity contribution in [1.82, 2.24) is 10.2 Å². The van der Waals surface area contributed by atoms with Gasteiger partial charge in [-0.2, -0.15) is 8.78 Å². The molecule has 112 valence electrons. The molecule has 2 aliphatic rings. The Labute approximate surface area is 111 Å². The molecule has 2 nitrogen and oxygen atoms in total. The molecule has 1 aliphatic carbocycles. The van der Waals surface area contributed by atoms with E-state index in [4.69, 9.17) is 0 Å². The minimum Gasteiger partial charge on any atom is -0.310 e. The quantitative estimate of drug-likeness (QED) is 0.801. The monoisotopic (exact) mass is 282 g/mol. The summed E-state index contributed by atoms with van der Waals surface area (Å²) in [4.78, 5) is 1.53. The molecule has 0 bridgehead atoms. The Balaban J connectivity index is 2.00. The highest BCUT2D eigenvalue weighted by atomic mass is 19.3. The van der Waals surface area contributed by atoms with E-state index in [1.54, 1.807) is 0 Å². The highest BCUT2D eigenvalue weighted by Crippen LogP contribution is 2.32. The van der Waals surface area contributed by atoms with Crippen molar-refractivity contribution in [2.24, 2.45) is 0 Å². The number of hydrogen-bond acceptors (Lipinski definition) is 2. The standard InChI is InChI=1S/C13H22F4N2/c14-11(15)13(16,17)10-19-8-4-7-18-12(9-19)5-2-1-3-6-12/h11,18H,1-10H2. The van der Waals surface area contributed by atoms with Gasteiger partial charge in [0.05, 0.1) is 6.54 Å². The van der Waals surface area contributed by atoms with Gasteiger partial charge in [0.25, 0.3) is 0 Å². The molecule has 0 amide bonds. The number of hydrogen-bond donors (Lipinski definition) is 1. The Kier molecular flexibility index (Phi) is 4.71. The fourth-order valence-corrected chi connectivity index (χ4v) is 3.28. The molecule has 0 radical (unpaired) electrons. The van der Waals surface area contributed by atoms with E-state index in [-0.39, 0.29) is 5.54 Å². The van der Waals surface area contributed by atoms with E-state index >= 15 is 0 Å². The van der Waals surface area contributed by atoms with Crippen LogP contribution < -0.4 is 5.32 Å². The molecular formula is C13H22F4N2. The van der Waals surface area contributed by atoms with E-state index in [0.29, 0.717) is 13.1 Å². The second-order valence-corrected chi connectivity index (χ2v) is 5.89. The zero-order valence-corrected chi connectivity index (χ0v) is 11.1. The lowest BCUT2D eigenvalue weighted by Crippen LogP contribution is -2.54. The van der Waals surface area contributed by atoms with Crippen LogP contribution in [0.2, 0.25) is 0 Å². The summed E-state index contributed by atoms with van der Waals surface area (Å²) in [5, 5.41) is 3.47. The molecule has 19 heavy (non-hydrogen) atoms. The number of nitrogens with zero attached hydrogens (tertiary/aromatic N) is 1. The minimum absolute atomic E-state index is 0.132. The molecule has 0 unspecified atom stereocenters. The zero-order chi connectivity index (χ0) is 13.9. The summed E-state index contributed by atoms with van der Waals surface area (Å²) >= 11 is 0. The third-order valence-corrected chi connectivity index (χ3v) is 4.24. The van der Waals surface area contributed by atoms with E-state index in [0.717, 1.165) is 38.6 Å². The van der Waals surface area contributed by atoms with Crippen molar-refractivity contribution in [3.05, 3.63) is 0 Å². The van der Waals surface area contributed by atoms with Gasteiger partial charge in [0.2, 0.25) is 0 Å². The summed E-state index contributed by atoms with van der Waals surface area (Å²) in [5.41, 5.74) is -0.132. The third-order valence-electron chi connectivity index (χ3n) is 4.24. The average molecular weight is 282 g/mol. The van der Waals surface area contributed by atoms with E-state index in [1.165, 1.54) is 11.3 Å². The molecule has 1 saturated carbocycles. The largest absolute Gasteiger partial charge is 0.319 e. The van der Waals surface area contributed by atoms with E-state index in [1.807, 2.05) is 0 Å². The van der Waals surface area contributed by atoms with Crippen molar-refractivity contribution in [1.29, 1.82) is 0 Å². The highest BCUT2D eigenvalue weighted by Gasteiger charge is 2.44. The van der Waals surface area contributed by atoms with Crippen LogP contribution in [0.3, 0.4) is 0 Å². The van der Waals surface area contributed by atoms with Crippen LogP contribution in [-0.4, -0.2) is 49.0 Å². The molecule has 0 aromatic heterocycles. The van der Waals surface area contributed by atoms with Gasteiger partial charge in [0, 0.05) is 12.1 Å². The molecule has 1 saturated heterocycles. The van der Waals surface area contributed by atoms with Gasteiger partial charge in [0.15, 0.2) is 0 Å². The molecule has 0 atom stereocenters. The molecule has 1 N–H and O–H groups in total. The smallest absolute Gasteiger partial charge is 0.310 e. The van der Waals surface area contributed by atoms with Gasteiger partial charge in [0.1, 0.15) is 0 Å². The van der Waals surface area contributed by atoms with Crippen molar-refractivity contribution >= 4 is 0 Å². The Morgan fingerprint density at radius 2 is 1.79 bits per heavy atom. The summed E-state index contributed by atoms with van der Waals surface area (Å²) in [6, 6.07) is 0. The first-order valence-electron chi connectivity index (χ1n) is 7.07. The highest BCUT2D eigenvalue weighted by molar-refractivity contribution is 4.96. The maximum absolute atomic E-state index is 13.2. The van der Waals surface area contributed by atoms with Gasteiger partial charge in [-0.15, -0.1) is 0 Å². The Morgan fingerprint density at radius 1 is 1.11 bits per heavy atom. The molecule has 0 aromatic rings. The predicted molar refractivity (Wildman–Crippen MR) is 65.8 cm³/mol. The van der Waals surface area contributed by atoms with Crippen LogP contribution in [0.5, 0.6) is 0 Å². The summed E-state index contributed by atoms with van der Waals surface area (Å²) < 4.78 is 51.0. The summed E-state index contributed by atoms with van der Waals surface area (Å²) in [6.07, 6.45) is 2.44. The van der Waals surface area contributed by atoms with Gasteiger partial charge in [-0.05, 0) is 32.4 Å². The Morgan fingerprint density at radius 3 is 2.42 bits per heavy atom. The van der Waals surface area contributed by atoms with Gasteiger partial charge >= 0.3 is 12.3 Å². The van der Waals surface area contributed by atoms with E-state index in [2.05, 4.69) is 5.32 Å². The molecule has 2 fully saturated rings.